The van der Waals surface area contributed by atoms with E-state index in [1.54, 1.807) is 0 Å². The zero-order valence-electron chi connectivity index (χ0n) is 9.29. The lowest BCUT2D eigenvalue weighted by molar-refractivity contribution is -0.140. The fourth-order valence-electron chi connectivity index (χ4n) is 1.48. The van der Waals surface area contributed by atoms with E-state index >= 15 is 0 Å². The Labute approximate surface area is 90.3 Å². The van der Waals surface area contributed by atoms with Crippen molar-refractivity contribution in [1.82, 2.24) is 5.32 Å². The molecule has 1 unspecified atom stereocenters. The smallest absolute Gasteiger partial charge is 0.320 e. The minimum Gasteiger partial charge on any atom is -0.480 e. The first-order valence-corrected chi connectivity index (χ1v) is 5.34. The highest BCUT2D eigenvalue weighted by Gasteiger charge is 2.35. The number of rotatable bonds is 6. The van der Waals surface area contributed by atoms with Crippen molar-refractivity contribution in [3.8, 4) is 6.07 Å². The lowest BCUT2D eigenvalue weighted by Crippen LogP contribution is -2.40. The quantitative estimate of drug-likeness (QED) is 0.694. The number of carboxylic acids is 1. The Balaban J connectivity index is 2.29. The van der Waals surface area contributed by atoms with Crippen LogP contribution in [0.4, 0.5) is 0 Å². The maximum absolute atomic E-state index is 10.9. The van der Waals surface area contributed by atoms with Gasteiger partial charge in [0.15, 0.2) is 0 Å². The Hall–Kier alpha value is -1.08. The number of aliphatic carboxylic acids is 1. The first kappa shape index (κ1) is 12.0. The summed E-state index contributed by atoms with van der Waals surface area (Å²) in [5.41, 5.74) is -0.375. The monoisotopic (exact) mass is 210 g/mol. The molecule has 1 aliphatic rings. The molecule has 0 heterocycles. The van der Waals surface area contributed by atoms with Gasteiger partial charge in [0.25, 0.3) is 0 Å². The Kier molecular flexibility index (Phi) is 3.70. The predicted octanol–water partition coefficient (Wildman–Crippen LogP) is 1.38. The van der Waals surface area contributed by atoms with Gasteiger partial charge in [-0.3, -0.25) is 4.79 Å². The minimum absolute atomic E-state index is 0.299. The van der Waals surface area contributed by atoms with Gasteiger partial charge in [-0.05, 0) is 45.6 Å². The molecule has 0 aliphatic heterocycles. The van der Waals surface area contributed by atoms with Crippen molar-refractivity contribution in [3.05, 3.63) is 0 Å². The Morgan fingerprint density at radius 3 is 2.67 bits per heavy atom. The van der Waals surface area contributed by atoms with Crippen LogP contribution in [0.25, 0.3) is 0 Å². The average Bonchev–Trinajstić information content (AvgIpc) is 2.95. The number of nitrogens with zero attached hydrogens (tertiary/aromatic N) is 1. The summed E-state index contributed by atoms with van der Waals surface area (Å²) >= 11 is 0. The normalized spacial score (nSPS) is 18.2. The van der Waals surface area contributed by atoms with E-state index in [2.05, 4.69) is 11.4 Å². The van der Waals surface area contributed by atoms with Crippen LogP contribution in [0.1, 0.15) is 33.1 Å². The summed E-state index contributed by atoms with van der Waals surface area (Å²) in [6.07, 6.45) is 2.69. The number of nitriles is 1. The number of hydrogen-bond donors (Lipinski definition) is 2. The van der Waals surface area contributed by atoms with Gasteiger partial charge in [0.2, 0.25) is 0 Å². The average molecular weight is 210 g/mol. The summed E-state index contributed by atoms with van der Waals surface area (Å²) in [7, 11) is 0. The number of hydrogen-bond acceptors (Lipinski definition) is 3. The highest BCUT2D eigenvalue weighted by molar-refractivity contribution is 5.74. The van der Waals surface area contributed by atoms with Crippen molar-refractivity contribution in [2.45, 2.75) is 39.2 Å². The van der Waals surface area contributed by atoms with Gasteiger partial charge in [0, 0.05) is 0 Å². The van der Waals surface area contributed by atoms with E-state index in [4.69, 9.17) is 10.4 Å². The molecular formula is C11H18N2O2. The van der Waals surface area contributed by atoms with Crippen LogP contribution in [0.3, 0.4) is 0 Å². The van der Waals surface area contributed by atoms with Crippen LogP contribution in [-0.2, 0) is 4.79 Å². The highest BCUT2D eigenvalue weighted by Crippen LogP contribution is 2.32. The zero-order chi connectivity index (χ0) is 11.5. The number of carbonyl (C=O) groups is 1. The second-order valence-electron chi connectivity index (χ2n) is 4.85. The topological polar surface area (TPSA) is 73.1 Å². The van der Waals surface area contributed by atoms with Crippen LogP contribution < -0.4 is 5.32 Å². The van der Waals surface area contributed by atoms with Crippen LogP contribution >= 0.6 is 0 Å². The minimum atomic E-state index is -0.771. The first-order chi connectivity index (χ1) is 6.96. The molecular weight excluding hydrogens is 192 g/mol. The molecule has 0 aromatic heterocycles. The molecule has 84 valence electrons. The largest absolute Gasteiger partial charge is 0.480 e. The molecule has 0 spiro atoms. The van der Waals surface area contributed by atoms with Crippen molar-refractivity contribution in [1.29, 1.82) is 5.26 Å². The summed E-state index contributed by atoms with van der Waals surface area (Å²) in [5, 5.41) is 20.8. The van der Waals surface area contributed by atoms with Crippen molar-refractivity contribution in [3.63, 3.8) is 0 Å². The molecule has 4 nitrogen and oxygen atoms in total. The summed E-state index contributed by atoms with van der Waals surface area (Å²) in [4.78, 5) is 10.9. The number of nitrogens with one attached hydrogen (secondary N) is 1. The van der Waals surface area contributed by atoms with Gasteiger partial charge in [-0.1, -0.05) is 0 Å². The fraction of sp³-hybridized carbons (Fsp3) is 0.818. The fourth-order valence-corrected chi connectivity index (χ4v) is 1.48. The second-order valence-corrected chi connectivity index (χ2v) is 4.85. The predicted molar refractivity (Wildman–Crippen MR) is 56.2 cm³/mol. The Morgan fingerprint density at radius 1 is 1.67 bits per heavy atom. The summed E-state index contributed by atoms with van der Waals surface area (Å²) in [5.74, 6) is -0.472. The van der Waals surface area contributed by atoms with Crippen LogP contribution in [-0.4, -0.2) is 23.7 Å². The van der Waals surface area contributed by atoms with Gasteiger partial charge >= 0.3 is 5.97 Å². The van der Waals surface area contributed by atoms with Crippen LogP contribution in [0, 0.1) is 22.7 Å². The van der Waals surface area contributed by atoms with Gasteiger partial charge < -0.3 is 10.4 Å². The van der Waals surface area contributed by atoms with E-state index in [1.165, 1.54) is 0 Å². The SMILES string of the molecule is CC(C)(C#N)CCNC(C(=O)O)C1CC1. The van der Waals surface area contributed by atoms with Gasteiger partial charge in [-0.2, -0.15) is 5.26 Å². The van der Waals surface area contributed by atoms with E-state index in [0.717, 1.165) is 12.8 Å². The van der Waals surface area contributed by atoms with Crippen molar-refractivity contribution in [2.75, 3.05) is 6.54 Å². The third kappa shape index (κ3) is 3.88. The molecule has 0 amide bonds. The zero-order valence-corrected chi connectivity index (χ0v) is 9.29. The van der Waals surface area contributed by atoms with Crippen molar-refractivity contribution in [2.24, 2.45) is 11.3 Å². The van der Waals surface area contributed by atoms with Gasteiger partial charge in [0.05, 0.1) is 11.5 Å². The van der Waals surface area contributed by atoms with E-state index in [-0.39, 0.29) is 5.41 Å². The third-order valence-corrected chi connectivity index (χ3v) is 2.78. The van der Waals surface area contributed by atoms with Gasteiger partial charge in [-0.25, -0.2) is 0 Å². The molecule has 2 N–H and O–H groups in total. The molecule has 15 heavy (non-hydrogen) atoms. The molecule has 1 rings (SSSR count). The van der Waals surface area contributed by atoms with Gasteiger partial charge in [0.1, 0.15) is 6.04 Å². The lowest BCUT2D eigenvalue weighted by Gasteiger charge is -2.18. The summed E-state index contributed by atoms with van der Waals surface area (Å²) < 4.78 is 0. The van der Waals surface area contributed by atoms with Crippen LogP contribution in [0.2, 0.25) is 0 Å². The van der Waals surface area contributed by atoms with Gasteiger partial charge in [-0.15, -0.1) is 0 Å². The Morgan fingerprint density at radius 2 is 2.27 bits per heavy atom. The maximum atomic E-state index is 10.9. The molecule has 4 heteroatoms. The highest BCUT2D eigenvalue weighted by atomic mass is 16.4. The second kappa shape index (κ2) is 4.63. The molecule has 1 saturated carbocycles. The summed E-state index contributed by atoms with van der Waals surface area (Å²) in [6.45, 7) is 4.32. The van der Waals surface area contributed by atoms with Crippen molar-refractivity contribution < 1.29 is 9.90 Å². The summed E-state index contributed by atoms with van der Waals surface area (Å²) in [6, 6.07) is 1.78. The molecule has 0 radical (unpaired) electrons. The van der Waals surface area contributed by atoms with Crippen molar-refractivity contribution >= 4 is 5.97 Å². The standard InChI is InChI=1S/C11H18N2O2/c1-11(2,7-12)5-6-13-9(10(14)15)8-3-4-8/h8-9,13H,3-6H2,1-2H3,(H,14,15). The van der Waals surface area contributed by atoms with E-state index in [1.807, 2.05) is 13.8 Å². The molecule has 1 fully saturated rings. The van der Waals surface area contributed by atoms with E-state index in [9.17, 15) is 4.79 Å². The first-order valence-electron chi connectivity index (χ1n) is 5.34. The van der Waals surface area contributed by atoms with E-state index < -0.39 is 12.0 Å². The molecule has 0 aromatic rings. The Bertz CT molecular complexity index is 277. The molecule has 1 aliphatic carbocycles. The lowest BCUT2D eigenvalue weighted by atomic mass is 9.91. The van der Waals surface area contributed by atoms with Crippen LogP contribution in [0.5, 0.6) is 0 Å². The maximum Gasteiger partial charge on any atom is 0.320 e. The molecule has 0 saturated heterocycles. The third-order valence-electron chi connectivity index (χ3n) is 2.78. The van der Waals surface area contributed by atoms with E-state index in [0.29, 0.717) is 18.9 Å². The number of carboxylic acid groups (broad SMARTS) is 1. The van der Waals surface area contributed by atoms with Crippen LogP contribution in [0.15, 0.2) is 0 Å². The molecule has 1 atom stereocenters. The molecule has 0 aromatic carbocycles. The molecule has 0 bridgehead atoms.